The smallest absolute Gasteiger partial charge is 0.123 e. The van der Waals surface area contributed by atoms with Crippen LogP contribution in [0.2, 0.25) is 0 Å². The van der Waals surface area contributed by atoms with Crippen LogP contribution in [-0.4, -0.2) is 0 Å². The molecule has 23 heavy (non-hydrogen) atoms. The second-order valence-electron chi connectivity index (χ2n) is 5.38. The molecule has 0 saturated carbocycles. The van der Waals surface area contributed by atoms with Gasteiger partial charge in [-0.1, -0.05) is 79.4 Å². The lowest BCUT2D eigenvalue weighted by atomic mass is 10.1. The molecule has 0 aliphatic rings. The van der Waals surface area contributed by atoms with Crippen molar-refractivity contribution in [2.75, 3.05) is 0 Å². The van der Waals surface area contributed by atoms with Crippen molar-refractivity contribution in [2.45, 2.75) is 6.42 Å². The SMILES string of the molecule is C=C(Cc1ccc(F)cc1)P(c1ccccc1)c1ccccc1. The Labute approximate surface area is 138 Å². The third-order valence-electron chi connectivity index (χ3n) is 3.67. The summed E-state index contributed by atoms with van der Waals surface area (Å²) in [6.07, 6.45) is 0.760. The average Bonchev–Trinajstić information content (AvgIpc) is 2.59. The van der Waals surface area contributed by atoms with E-state index in [0.29, 0.717) is 0 Å². The topological polar surface area (TPSA) is 0 Å². The van der Waals surface area contributed by atoms with Crippen LogP contribution in [0.5, 0.6) is 0 Å². The first-order valence-corrected chi connectivity index (χ1v) is 8.90. The molecule has 0 unspecified atom stereocenters. The zero-order chi connectivity index (χ0) is 16.1. The lowest BCUT2D eigenvalue weighted by Crippen LogP contribution is -2.13. The number of rotatable bonds is 5. The predicted octanol–water partition coefficient (Wildman–Crippen LogP) is 5.01. The van der Waals surface area contributed by atoms with Crippen molar-refractivity contribution >= 4 is 18.5 Å². The molecule has 0 spiro atoms. The molecule has 0 radical (unpaired) electrons. The molecule has 0 aliphatic carbocycles. The number of hydrogen-bond acceptors (Lipinski definition) is 0. The zero-order valence-corrected chi connectivity index (χ0v) is 13.7. The summed E-state index contributed by atoms with van der Waals surface area (Å²) < 4.78 is 13.1. The molecule has 2 heteroatoms. The van der Waals surface area contributed by atoms with Gasteiger partial charge in [-0.15, -0.1) is 0 Å². The zero-order valence-electron chi connectivity index (χ0n) is 12.8. The maximum Gasteiger partial charge on any atom is 0.123 e. The number of allylic oxidation sites excluding steroid dienone is 1. The predicted molar refractivity (Wildman–Crippen MR) is 98.3 cm³/mol. The minimum Gasteiger partial charge on any atom is -0.207 e. The Kier molecular flexibility index (Phi) is 5.00. The van der Waals surface area contributed by atoms with Crippen molar-refractivity contribution in [3.63, 3.8) is 0 Å². The summed E-state index contributed by atoms with van der Waals surface area (Å²) in [5, 5.41) is 3.76. The van der Waals surface area contributed by atoms with Gasteiger partial charge in [0.25, 0.3) is 0 Å². The third-order valence-corrected chi connectivity index (χ3v) is 6.09. The molecule has 0 bridgehead atoms. The van der Waals surface area contributed by atoms with Gasteiger partial charge in [0.05, 0.1) is 0 Å². The normalized spacial score (nSPS) is 10.7. The molecule has 0 amide bonds. The van der Waals surface area contributed by atoms with Gasteiger partial charge in [0.15, 0.2) is 0 Å². The van der Waals surface area contributed by atoms with E-state index in [0.717, 1.165) is 12.0 Å². The van der Waals surface area contributed by atoms with Crippen LogP contribution >= 0.6 is 7.92 Å². The van der Waals surface area contributed by atoms with Gasteiger partial charge in [-0.05, 0) is 48.0 Å². The Morgan fingerprint density at radius 1 is 0.739 bits per heavy atom. The van der Waals surface area contributed by atoms with Crippen molar-refractivity contribution < 1.29 is 4.39 Å². The Morgan fingerprint density at radius 2 is 1.22 bits per heavy atom. The third kappa shape index (κ3) is 3.94. The molecule has 0 aromatic heterocycles. The van der Waals surface area contributed by atoms with Crippen LogP contribution in [0.25, 0.3) is 0 Å². The molecule has 0 nitrogen and oxygen atoms in total. The van der Waals surface area contributed by atoms with Crippen LogP contribution in [0.3, 0.4) is 0 Å². The summed E-state index contributed by atoms with van der Waals surface area (Å²) in [5.41, 5.74) is 1.09. The van der Waals surface area contributed by atoms with E-state index in [1.54, 1.807) is 0 Å². The van der Waals surface area contributed by atoms with Gasteiger partial charge >= 0.3 is 0 Å². The van der Waals surface area contributed by atoms with Crippen LogP contribution < -0.4 is 10.6 Å². The fourth-order valence-electron chi connectivity index (χ4n) is 2.59. The van der Waals surface area contributed by atoms with Crippen LogP contribution in [0.4, 0.5) is 4.39 Å². The van der Waals surface area contributed by atoms with Crippen molar-refractivity contribution in [1.29, 1.82) is 0 Å². The van der Waals surface area contributed by atoms with E-state index in [1.807, 2.05) is 24.3 Å². The lowest BCUT2D eigenvalue weighted by Gasteiger charge is -2.21. The molecule has 0 N–H and O–H groups in total. The number of halogens is 1. The van der Waals surface area contributed by atoms with Crippen molar-refractivity contribution in [3.05, 3.63) is 108 Å². The van der Waals surface area contributed by atoms with Gasteiger partial charge in [-0.3, -0.25) is 0 Å². The van der Waals surface area contributed by atoms with E-state index in [-0.39, 0.29) is 5.82 Å². The Morgan fingerprint density at radius 3 is 1.70 bits per heavy atom. The van der Waals surface area contributed by atoms with E-state index < -0.39 is 7.92 Å². The molecule has 0 heterocycles. The van der Waals surface area contributed by atoms with Crippen LogP contribution in [-0.2, 0) is 6.42 Å². The van der Waals surface area contributed by atoms with E-state index in [2.05, 4.69) is 55.1 Å². The quantitative estimate of drug-likeness (QED) is 0.579. The van der Waals surface area contributed by atoms with E-state index >= 15 is 0 Å². The Hall–Kier alpha value is -2.24. The highest BCUT2D eigenvalue weighted by molar-refractivity contribution is 7.76. The first kappa shape index (κ1) is 15.6. The first-order valence-electron chi connectivity index (χ1n) is 7.56. The molecule has 0 atom stereocenters. The van der Waals surface area contributed by atoms with E-state index in [4.69, 9.17) is 0 Å². The lowest BCUT2D eigenvalue weighted by molar-refractivity contribution is 0.627. The van der Waals surface area contributed by atoms with E-state index in [1.165, 1.54) is 28.1 Å². The summed E-state index contributed by atoms with van der Waals surface area (Å²) in [6.45, 7) is 4.36. The summed E-state index contributed by atoms with van der Waals surface area (Å²) >= 11 is 0. The average molecular weight is 320 g/mol. The largest absolute Gasteiger partial charge is 0.207 e. The van der Waals surface area contributed by atoms with Crippen LogP contribution in [0.1, 0.15) is 5.56 Å². The van der Waals surface area contributed by atoms with Gasteiger partial charge in [-0.2, -0.15) is 0 Å². The van der Waals surface area contributed by atoms with Crippen molar-refractivity contribution in [1.82, 2.24) is 0 Å². The minimum atomic E-state index is -0.632. The molecule has 3 rings (SSSR count). The van der Waals surface area contributed by atoms with Gasteiger partial charge in [0.1, 0.15) is 5.82 Å². The van der Waals surface area contributed by atoms with Gasteiger partial charge in [0, 0.05) is 0 Å². The summed E-state index contributed by atoms with van der Waals surface area (Å²) in [4.78, 5) is 0. The maximum atomic E-state index is 13.1. The van der Waals surface area contributed by atoms with Gasteiger partial charge < -0.3 is 0 Å². The molecule has 0 saturated heterocycles. The summed E-state index contributed by atoms with van der Waals surface area (Å²) in [7, 11) is -0.632. The molecular formula is C21H18FP. The summed E-state index contributed by atoms with van der Waals surface area (Å²) in [5.74, 6) is -0.201. The molecule has 0 fully saturated rings. The van der Waals surface area contributed by atoms with Gasteiger partial charge in [-0.25, -0.2) is 4.39 Å². The highest BCUT2D eigenvalue weighted by atomic mass is 31.1. The molecule has 114 valence electrons. The number of hydrogen-bond donors (Lipinski definition) is 0. The molecular weight excluding hydrogens is 302 g/mol. The van der Waals surface area contributed by atoms with E-state index in [9.17, 15) is 4.39 Å². The summed E-state index contributed by atoms with van der Waals surface area (Å²) in [6, 6.07) is 27.7. The van der Waals surface area contributed by atoms with Crippen molar-refractivity contribution in [3.8, 4) is 0 Å². The second kappa shape index (κ2) is 7.35. The maximum absolute atomic E-state index is 13.1. The fourth-order valence-corrected chi connectivity index (χ4v) is 4.89. The molecule has 0 aliphatic heterocycles. The Balaban J connectivity index is 1.92. The minimum absolute atomic E-state index is 0.201. The van der Waals surface area contributed by atoms with Crippen LogP contribution in [0.15, 0.2) is 96.8 Å². The molecule has 3 aromatic carbocycles. The second-order valence-corrected chi connectivity index (χ2v) is 7.71. The first-order chi connectivity index (χ1) is 11.2. The fraction of sp³-hybridized carbons (Fsp3) is 0.0476. The highest BCUT2D eigenvalue weighted by Crippen LogP contribution is 2.43. The molecule has 3 aromatic rings. The van der Waals surface area contributed by atoms with Gasteiger partial charge in [0.2, 0.25) is 0 Å². The number of benzene rings is 3. The van der Waals surface area contributed by atoms with Crippen molar-refractivity contribution in [2.24, 2.45) is 0 Å². The standard InChI is InChI=1S/C21H18FP/c1-17(16-18-12-14-19(22)15-13-18)23(20-8-4-2-5-9-20)21-10-6-3-7-11-21/h2-15H,1,16H2. The highest BCUT2D eigenvalue weighted by Gasteiger charge is 2.17. The monoisotopic (exact) mass is 320 g/mol. The van der Waals surface area contributed by atoms with Crippen LogP contribution in [0, 0.1) is 5.82 Å². The Bertz CT molecular complexity index is 724.